The van der Waals surface area contributed by atoms with Crippen LogP contribution >= 0.6 is 11.8 Å². The van der Waals surface area contributed by atoms with Gasteiger partial charge in [0, 0.05) is 13.1 Å². The first-order valence-corrected chi connectivity index (χ1v) is 11.6. The number of thioether (sulfide) groups is 1. The van der Waals surface area contributed by atoms with Gasteiger partial charge in [-0.1, -0.05) is 73.5 Å². The molecular weight excluding hydrogens is 394 g/mol. The fourth-order valence-electron chi connectivity index (χ4n) is 3.90. The van der Waals surface area contributed by atoms with Crippen molar-refractivity contribution in [2.45, 2.75) is 50.6 Å². The zero-order valence-corrected chi connectivity index (χ0v) is 17.9. The number of nitrogens with zero attached hydrogens (tertiary/aromatic N) is 5. The fourth-order valence-corrected chi connectivity index (χ4v) is 4.73. The number of hydrogen-bond acceptors (Lipinski definition) is 5. The molecule has 30 heavy (non-hydrogen) atoms. The Hall–Kier alpha value is -2.67. The maximum atomic E-state index is 13.1. The Kier molecular flexibility index (Phi) is 7.13. The third-order valence-corrected chi connectivity index (χ3v) is 6.39. The molecule has 156 valence electrons. The molecule has 3 aromatic rings. The summed E-state index contributed by atoms with van der Waals surface area (Å²) in [6.07, 6.45) is 4.76. The van der Waals surface area contributed by atoms with E-state index in [1.165, 1.54) is 12.8 Å². The first-order chi connectivity index (χ1) is 14.8. The summed E-state index contributed by atoms with van der Waals surface area (Å²) in [5.41, 5.74) is 2.27. The highest BCUT2D eigenvalue weighted by Crippen LogP contribution is 2.29. The van der Waals surface area contributed by atoms with Crippen molar-refractivity contribution < 1.29 is 4.79 Å². The number of benzene rings is 2. The zero-order valence-electron chi connectivity index (χ0n) is 17.1. The molecule has 0 atom stereocenters. The number of carbonyl (C=O) groups is 1. The molecule has 1 aliphatic carbocycles. The molecule has 0 radical (unpaired) electrons. The van der Waals surface area contributed by atoms with Gasteiger partial charge >= 0.3 is 0 Å². The highest BCUT2D eigenvalue weighted by Gasteiger charge is 2.22. The second kappa shape index (κ2) is 10.4. The predicted molar refractivity (Wildman–Crippen MR) is 119 cm³/mol. The van der Waals surface area contributed by atoms with E-state index >= 15 is 0 Å². The summed E-state index contributed by atoms with van der Waals surface area (Å²) in [7, 11) is 0. The van der Waals surface area contributed by atoms with Crippen molar-refractivity contribution in [3.8, 4) is 0 Å². The summed E-state index contributed by atoms with van der Waals surface area (Å²) in [4.78, 5) is 15.0. The first kappa shape index (κ1) is 20.6. The van der Waals surface area contributed by atoms with Crippen molar-refractivity contribution in [1.29, 1.82) is 0 Å². The van der Waals surface area contributed by atoms with Gasteiger partial charge in [0.25, 0.3) is 0 Å². The van der Waals surface area contributed by atoms with E-state index in [9.17, 15) is 4.79 Å². The normalized spacial score (nSPS) is 14.1. The van der Waals surface area contributed by atoms with Crippen LogP contribution < -0.4 is 0 Å². The van der Waals surface area contributed by atoms with Gasteiger partial charge in [0.1, 0.15) is 0 Å². The average molecular weight is 422 g/mol. The Bertz CT molecular complexity index is 884. The molecule has 6 nitrogen and oxygen atoms in total. The number of aromatic nitrogens is 4. The van der Waals surface area contributed by atoms with Crippen LogP contribution in [-0.4, -0.2) is 36.8 Å². The molecular formula is C23H27N5OS. The third kappa shape index (κ3) is 5.48. The highest BCUT2D eigenvalue weighted by atomic mass is 32.2. The summed E-state index contributed by atoms with van der Waals surface area (Å²) < 4.78 is 1.97. The van der Waals surface area contributed by atoms with Crippen molar-refractivity contribution in [3.63, 3.8) is 0 Å². The summed E-state index contributed by atoms with van der Waals surface area (Å²) in [6, 6.07) is 20.7. The van der Waals surface area contributed by atoms with Gasteiger partial charge in [-0.25, -0.2) is 4.68 Å². The minimum atomic E-state index is 0.132. The van der Waals surface area contributed by atoms with Crippen LogP contribution in [0.2, 0.25) is 0 Å². The molecule has 1 aromatic heterocycles. The second-order valence-corrected chi connectivity index (χ2v) is 8.68. The largest absolute Gasteiger partial charge is 0.333 e. The topological polar surface area (TPSA) is 63.9 Å². The van der Waals surface area contributed by atoms with Crippen molar-refractivity contribution in [1.82, 2.24) is 25.1 Å². The average Bonchev–Trinajstić information content (AvgIpc) is 3.46. The maximum Gasteiger partial charge on any atom is 0.233 e. The molecule has 0 N–H and O–H groups in total. The molecule has 1 fully saturated rings. The SMILES string of the molecule is O=C(CSCc1nnnn1C1CCCC1)N(Cc1ccccc1)Cc1ccccc1. The van der Waals surface area contributed by atoms with Crippen LogP contribution in [0, 0.1) is 0 Å². The second-order valence-electron chi connectivity index (χ2n) is 7.69. The Morgan fingerprint density at radius 1 is 0.967 bits per heavy atom. The van der Waals surface area contributed by atoms with Crippen LogP contribution in [-0.2, 0) is 23.6 Å². The molecule has 1 aliphatic rings. The monoisotopic (exact) mass is 421 g/mol. The number of tetrazole rings is 1. The van der Waals surface area contributed by atoms with Gasteiger partial charge < -0.3 is 4.90 Å². The van der Waals surface area contributed by atoms with Gasteiger partial charge in [0.2, 0.25) is 5.91 Å². The standard InChI is InChI=1S/C23H27N5OS/c29-23(18-30-17-22-24-25-26-28(22)21-13-7-8-14-21)27(15-19-9-3-1-4-10-19)16-20-11-5-2-6-12-20/h1-6,9-12,21H,7-8,13-18H2. The van der Waals surface area contributed by atoms with Gasteiger partial charge in [0.05, 0.1) is 17.5 Å². The molecule has 1 amide bonds. The number of carbonyl (C=O) groups excluding carboxylic acids is 1. The van der Waals surface area contributed by atoms with Crippen LogP contribution in [0.4, 0.5) is 0 Å². The minimum absolute atomic E-state index is 0.132. The van der Waals surface area contributed by atoms with E-state index in [0.717, 1.165) is 29.8 Å². The molecule has 0 aliphatic heterocycles. The lowest BCUT2D eigenvalue weighted by molar-refractivity contribution is -0.129. The maximum absolute atomic E-state index is 13.1. The molecule has 0 unspecified atom stereocenters. The number of amides is 1. The van der Waals surface area contributed by atoms with Crippen LogP contribution in [0.5, 0.6) is 0 Å². The van der Waals surface area contributed by atoms with E-state index in [4.69, 9.17) is 0 Å². The first-order valence-electron chi connectivity index (χ1n) is 10.5. The van der Waals surface area contributed by atoms with Gasteiger partial charge in [-0.15, -0.1) is 16.9 Å². The Balaban J connectivity index is 1.37. The number of rotatable bonds is 9. The Morgan fingerprint density at radius 2 is 1.57 bits per heavy atom. The molecule has 0 bridgehead atoms. The van der Waals surface area contributed by atoms with E-state index in [1.807, 2.05) is 46.0 Å². The van der Waals surface area contributed by atoms with Crippen LogP contribution in [0.1, 0.15) is 48.7 Å². The summed E-state index contributed by atoms with van der Waals surface area (Å²) >= 11 is 1.59. The summed E-state index contributed by atoms with van der Waals surface area (Å²) in [5, 5.41) is 12.2. The Labute approximate surface area is 181 Å². The van der Waals surface area contributed by atoms with E-state index in [0.29, 0.717) is 30.6 Å². The number of hydrogen-bond donors (Lipinski definition) is 0. The van der Waals surface area contributed by atoms with Crippen LogP contribution in [0.15, 0.2) is 60.7 Å². The minimum Gasteiger partial charge on any atom is -0.333 e. The molecule has 0 spiro atoms. The van der Waals surface area contributed by atoms with Crippen molar-refractivity contribution in [3.05, 3.63) is 77.6 Å². The van der Waals surface area contributed by atoms with Gasteiger partial charge in [-0.3, -0.25) is 4.79 Å². The molecule has 0 saturated heterocycles. The van der Waals surface area contributed by atoms with Gasteiger partial charge in [-0.2, -0.15) is 0 Å². The highest BCUT2D eigenvalue weighted by molar-refractivity contribution is 7.99. The lowest BCUT2D eigenvalue weighted by atomic mass is 10.1. The van der Waals surface area contributed by atoms with Crippen molar-refractivity contribution in [2.75, 3.05) is 5.75 Å². The summed E-state index contributed by atoms with van der Waals surface area (Å²) in [6.45, 7) is 1.21. The lowest BCUT2D eigenvalue weighted by Crippen LogP contribution is -2.31. The zero-order chi connectivity index (χ0) is 20.6. The third-order valence-electron chi connectivity index (χ3n) is 5.47. The molecule has 4 rings (SSSR count). The molecule has 7 heteroatoms. The van der Waals surface area contributed by atoms with Gasteiger partial charge in [0.15, 0.2) is 5.82 Å². The van der Waals surface area contributed by atoms with Gasteiger partial charge in [-0.05, 0) is 34.4 Å². The molecule has 1 saturated carbocycles. The quantitative estimate of drug-likeness (QED) is 0.517. The molecule has 2 aromatic carbocycles. The van der Waals surface area contributed by atoms with E-state index < -0.39 is 0 Å². The van der Waals surface area contributed by atoms with E-state index in [2.05, 4.69) is 39.8 Å². The fraction of sp³-hybridized carbons (Fsp3) is 0.391. The van der Waals surface area contributed by atoms with Crippen LogP contribution in [0.3, 0.4) is 0 Å². The van der Waals surface area contributed by atoms with Crippen LogP contribution in [0.25, 0.3) is 0 Å². The predicted octanol–water partition coefficient (Wildman–Crippen LogP) is 4.25. The van der Waals surface area contributed by atoms with Crippen molar-refractivity contribution in [2.24, 2.45) is 0 Å². The summed E-state index contributed by atoms with van der Waals surface area (Å²) in [5.74, 6) is 2.07. The van der Waals surface area contributed by atoms with Crippen molar-refractivity contribution >= 4 is 17.7 Å². The molecule has 1 heterocycles. The van der Waals surface area contributed by atoms with E-state index in [-0.39, 0.29) is 5.91 Å². The Morgan fingerprint density at radius 3 is 2.17 bits per heavy atom. The lowest BCUT2D eigenvalue weighted by Gasteiger charge is -2.23. The smallest absolute Gasteiger partial charge is 0.233 e. The van der Waals surface area contributed by atoms with E-state index in [1.54, 1.807) is 11.8 Å².